The number of hydrazine groups is 2. The number of benzene rings is 2. The number of piperidine rings is 1. The molecule has 1 aliphatic carbocycles. The number of amides is 1. The Hall–Kier alpha value is -4.42. The number of anilines is 1. The number of aromatic nitrogens is 4. The van der Waals surface area contributed by atoms with E-state index in [9.17, 15) is 4.79 Å². The summed E-state index contributed by atoms with van der Waals surface area (Å²) in [6.45, 7) is 4.08. The van der Waals surface area contributed by atoms with E-state index in [1.807, 2.05) is 23.5 Å². The zero-order chi connectivity index (χ0) is 30.9. The van der Waals surface area contributed by atoms with Gasteiger partial charge in [0.05, 0.1) is 11.7 Å². The maximum absolute atomic E-state index is 13.4. The first kappa shape index (κ1) is 29.0. The lowest BCUT2D eigenvalue weighted by Crippen LogP contribution is -2.53. The van der Waals surface area contributed by atoms with E-state index in [0.717, 1.165) is 62.1 Å². The molecule has 2 fully saturated rings. The van der Waals surface area contributed by atoms with Gasteiger partial charge in [-0.15, -0.1) is 0 Å². The summed E-state index contributed by atoms with van der Waals surface area (Å²) in [6.07, 6.45) is 11.9. The predicted molar refractivity (Wildman–Crippen MR) is 177 cm³/mol. The third-order valence-corrected chi connectivity index (χ3v) is 9.77. The van der Waals surface area contributed by atoms with Crippen molar-refractivity contribution >= 4 is 17.4 Å². The summed E-state index contributed by atoms with van der Waals surface area (Å²) < 4.78 is 1.80. The first-order chi connectivity index (χ1) is 22.6. The Morgan fingerprint density at radius 3 is 2.43 bits per heavy atom. The van der Waals surface area contributed by atoms with E-state index in [1.165, 1.54) is 22.3 Å². The van der Waals surface area contributed by atoms with Crippen LogP contribution in [0.25, 0.3) is 16.7 Å². The van der Waals surface area contributed by atoms with Crippen molar-refractivity contribution < 1.29 is 4.79 Å². The normalized spacial score (nSPS) is 21.6. The van der Waals surface area contributed by atoms with Crippen LogP contribution in [-0.4, -0.2) is 79.8 Å². The molecule has 3 aliphatic heterocycles. The van der Waals surface area contributed by atoms with Crippen molar-refractivity contribution in [2.24, 2.45) is 0 Å². The minimum Gasteiger partial charge on any atom is -0.351 e. The van der Waals surface area contributed by atoms with Gasteiger partial charge in [0.15, 0.2) is 0 Å². The molecule has 0 bridgehead atoms. The number of rotatable bonds is 8. The average molecular weight is 617 g/mol. The Kier molecular flexibility index (Phi) is 8.05. The van der Waals surface area contributed by atoms with Gasteiger partial charge in [0.1, 0.15) is 6.54 Å². The smallest absolute Gasteiger partial charge is 0.244 e. The Bertz CT molecular complexity index is 1690. The van der Waals surface area contributed by atoms with E-state index < -0.39 is 0 Å². The van der Waals surface area contributed by atoms with Gasteiger partial charge in [-0.2, -0.15) is 10.6 Å². The fourth-order valence-corrected chi connectivity index (χ4v) is 7.23. The quantitative estimate of drug-likeness (QED) is 0.237. The van der Waals surface area contributed by atoms with Crippen LogP contribution in [0.4, 0.5) is 5.95 Å². The van der Waals surface area contributed by atoms with Crippen LogP contribution in [0.15, 0.2) is 79.3 Å². The van der Waals surface area contributed by atoms with Gasteiger partial charge < -0.3 is 10.2 Å². The SMILES string of the molecule is O=C(Cn1cc(-c2cnc(NC3Cc4ccccc4C3)nc2)c(CN2CC=C(c3ccccc3)CC2)n1)N1CCC2NNNC2C1. The van der Waals surface area contributed by atoms with Crippen LogP contribution >= 0.6 is 0 Å². The molecule has 5 heterocycles. The molecule has 2 aromatic carbocycles. The van der Waals surface area contributed by atoms with E-state index in [1.54, 1.807) is 4.68 Å². The van der Waals surface area contributed by atoms with Gasteiger partial charge in [-0.1, -0.05) is 60.7 Å². The number of nitrogens with one attached hydrogen (secondary N) is 4. The van der Waals surface area contributed by atoms with Crippen LogP contribution in [-0.2, 0) is 30.7 Å². The van der Waals surface area contributed by atoms with Crippen molar-refractivity contribution in [1.82, 2.24) is 45.9 Å². The molecule has 0 radical (unpaired) electrons. The predicted octanol–water partition coefficient (Wildman–Crippen LogP) is 2.79. The van der Waals surface area contributed by atoms with Crippen LogP contribution in [0.3, 0.4) is 0 Å². The minimum atomic E-state index is 0.0783. The van der Waals surface area contributed by atoms with Crippen molar-refractivity contribution in [3.63, 3.8) is 0 Å². The Labute approximate surface area is 269 Å². The average Bonchev–Trinajstić information content (AvgIpc) is 3.84. The van der Waals surface area contributed by atoms with E-state index >= 15 is 0 Å². The van der Waals surface area contributed by atoms with Gasteiger partial charge in [-0.25, -0.2) is 20.8 Å². The molecule has 0 saturated carbocycles. The van der Waals surface area contributed by atoms with Gasteiger partial charge >= 0.3 is 0 Å². The second-order valence-corrected chi connectivity index (χ2v) is 12.8. The van der Waals surface area contributed by atoms with E-state index in [0.29, 0.717) is 25.1 Å². The molecule has 4 aliphatic rings. The molecule has 2 saturated heterocycles. The standard InChI is InChI=1S/C35H40N10O/c46-34(44-15-12-31-33(22-44)40-42-39-31)23-45-20-30(32(41-45)21-43-13-10-25(11-14-43)24-6-2-1-3-7-24)28-18-36-35(37-19-28)38-29-16-26-8-4-5-9-27(26)17-29/h1-10,18-20,29,31,33,39-40,42H,11-17,21-23H2,(H,36,37,38). The zero-order valence-electron chi connectivity index (χ0n) is 25.9. The molecule has 1 amide bonds. The maximum Gasteiger partial charge on any atom is 0.244 e. The summed E-state index contributed by atoms with van der Waals surface area (Å²) in [6, 6.07) is 20.1. The number of nitrogens with zero attached hydrogens (tertiary/aromatic N) is 6. The molecule has 11 nitrogen and oxygen atoms in total. The molecule has 8 rings (SSSR count). The molecule has 46 heavy (non-hydrogen) atoms. The number of carbonyl (C=O) groups is 1. The van der Waals surface area contributed by atoms with Gasteiger partial charge in [-0.05, 0) is 47.9 Å². The molecular formula is C35H40N10O. The third kappa shape index (κ3) is 6.19. The highest BCUT2D eigenvalue weighted by atomic mass is 16.2. The van der Waals surface area contributed by atoms with Crippen LogP contribution in [0.2, 0.25) is 0 Å². The first-order valence-electron chi connectivity index (χ1n) is 16.4. The summed E-state index contributed by atoms with van der Waals surface area (Å²) in [7, 11) is 0. The van der Waals surface area contributed by atoms with Crippen LogP contribution < -0.4 is 21.7 Å². The van der Waals surface area contributed by atoms with Crippen LogP contribution in [0, 0.1) is 0 Å². The van der Waals surface area contributed by atoms with Crippen molar-refractivity contribution in [1.29, 1.82) is 0 Å². The molecule has 11 heteroatoms. The highest BCUT2D eigenvalue weighted by Gasteiger charge is 2.34. The van der Waals surface area contributed by atoms with Crippen molar-refractivity contribution in [3.05, 3.63) is 102 Å². The summed E-state index contributed by atoms with van der Waals surface area (Å²) in [5.41, 5.74) is 17.7. The van der Waals surface area contributed by atoms with Gasteiger partial charge in [-0.3, -0.25) is 14.4 Å². The molecule has 2 unspecified atom stereocenters. The number of hydrogen-bond donors (Lipinski definition) is 4. The molecular weight excluding hydrogens is 576 g/mol. The first-order valence-corrected chi connectivity index (χ1v) is 16.4. The number of carbonyl (C=O) groups excluding carboxylic acids is 1. The summed E-state index contributed by atoms with van der Waals surface area (Å²) in [5, 5.41) is 8.51. The monoisotopic (exact) mass is 616 g/mol. The Morgan fingerprint density at radius 1 is 0.913 bits per heavy atom. The fourth-order valence-electron chi connectivity index (χ4n) is 7.23. The van der Waals surface area contributed by atoms with Crippen molar-refractivity contribution in [2.75, 3.05) is 31.5 Å². The zero-order valence-corrected chi connectivity index (χ0v) is 25.9. The second kappa shape index (κ2) is 12.8. The van der Waals surface area contributed by atoms with Crippen LogP contribution in [0.5, 0.6) is 0 Å². The lowest BCUT2D eigenvalue weighted by Gasteiger charge is -2.33. The molecule has 236 valence electrons. The minimum absolute atomic E-state index is 0.0783. The number of likely N-dealkylation sites (tertiary alicyclic amines) is 1. The number of hydrogen-bond acceptors (Lipinski definition) is 9. The van der Waals surface area contributed by atoms with Crippen LogP contribution in [0.1, 0.15) is 35.2 Å². The van der Waals surface area contributed by atoms with Gasteiger partial charge in [0.2, 0.25) is 11.9 Å². The molecule has 4 aromatic rings. The summed E-state index contributed by atoms with van der Waals surface area (Å²) in [4.78, 5) is 27.2. The lowest BCUT2D eigenvalue weighted by atomic mass is 9.99. The van der Waals surface area contributed by atoms with E-state index in [-0.39, 0.29) is 24.5 Å². The van der Waals surface area contributed by atoms with E-state index in [2.05, 4.69) is 87.3 Å². The third-order valence-electron chi connectivity index (χ3n) is 9.77. The summed E-state index contributed by atoms with van der Waals surface area (Å²) in [5.74, 6) is 0.711. The Balaban J connectivity index is 0.990. The molecule has 0 spiro atoms. The fraction of sp³-hybridized carbons (Fsp3) is 0.371. The van der Waals surface area contributed by atoms with Gasteiger partial charge in [0.25, 0.3) is 0 Å². The topological polar surface area (TPSA) is 115 Å². The largest absolute Gasteiger partial charge is 0.351 e. The molecule has 2 atom stereocenters. The maximum atomic E-state index is 13.4. The Morgan fingerprint density at radius 2 is 1.67 bits per heavy atom. The van der Waals surface area contributed by atoms with E-state index in [4.69, 9.17) is 15.1 Å². The highest BCUT2D eigenvalue weighted by molar-refractivity contribution is 5.76. The molecule has 4 N–H and O–H groups in total. The van der Waals surface area contributed by atoms with Gasteiger partial charge in [0, 0.05) is 74.5 Å². The second-order valence-electron chi connectivity index (χ2n) is 12.8. The lowest BCUT2D eigenvalue weighted by molar-refractivity contribution is -0.133. The number of fused-ring (bicyclic) bond motifs is 2. The van der Waals surface area contributed by atoms with Crippen molar-refractivity contribution in [2.45, 2.75) is 56.9 Å². The van der Waals surface area contributed by atoms with Crippen molar-refractivity contribution in [3.8, 4) is 11.1 Å². The summed E-state index contributed by atoms with van der Waals surface area (Å²) >= 11 is 0. The molecule has 2 aromatic heterocycles. The highest BCUT2D eigenvalue weighted by Crippen LogP contribution is 2.28.